The van der Waals surface area contributed by atoms with E-state index in [1.807, 2.05) is 30.3 Å². The fourth-order valence-electron chi connectivity index (χ4n) is 2.52. The van der Waals surface area contributed by atoms with Crippen molar-refractivity contribution in [2.45, 2.75) is 19.4 Å². The molecule has 0 bridgehead atoms. The molecule has 2 aromatic rings. The van der Waals surface area contributed by atoms with Crippen molar-refractivity contribution in [3.8, 4) is 0 Å². The third-order valence-electron chi connectivity index (χ3n) is 3.81. The van der Waals surface area contributed by atoms with Crippen LogP contribution < -0.4 is 5.32 Å². The second-order valence-electron chi connectivity index (χ2n) is 5.38. The zero-order valence-corrected chi connectivity index (χ0v) is 13.8. The van der Waals surface area contributed by atoms with E-state index in [0.717, 1.165) is 28.7 Å². The number of rotatable bonds is 4. The van der Waals surface area contributed by atoms with Crippen LogP contribution in [0.4, 0.5) is 5.82 Å². The zero-order chi connectivity index (χ0) is 15.4. The van der Waals surface area contributed by atoms with Crippen LogP contribution in [-0.2, 0) is 16.1 Å². The van der Waals surface area contributed by atoms with Crippen LogP contribution in [0.25, 0.3) is 0 Å². The summed E-state index contributed by atoms with van der Waals surface area (Å²) in [6, 6.07) is 9.90. The molecule has 0 spiro atoms. The second-order valence-corrected chi connectivity index (χ2v) is 6.29. The molecular weight excluding hydrogens is 346 g/mol. The summed E-state index contributed by atoms with van der Waals surface area (Å²) in [6.45, 7) is 1.95. The van der Waals surface area contributed by atoms with Crippen LogP contribution >= 0.6 is 15.9 Å². The van der Waals surface area contributed by atoms with Crippen LogP contribution in [0.1, 0.15) is 18.4 Å². The van der Waals surface area contributed by atoms with Crippen molar-refractivity contribution >= 4 is 27.7 Å². The molecule has 1 N–H and O–H groups in total. The van der Waals surface area contributed by atoms with Gasteiger partial charge >= 0.3 is 0 Å². The monoisotopic (exact) mass is 363 g/mol. The average molecular weight is 364 g/mol. The van der Waals surface area contributed by atoms with Gasteiger partial charge in [-0.05, 0) is 30.5 Å². The third kappa shape index (κ3) is 3.75. The van der Waals surface area contributed by atoms with Gasteiger partial charge in [0.25, 0.3) is 0 Å². The van der Waals surface area contributed by atoms with Crippen LogP contribution in [0.2, 0.25) is 0 Å². The molecule has 6 heteroatoms. The number of amides is 1. The Bertz CT molecular complexity index is 633. The molecule has 0 radical (unpaired) electrons. The molecule has 0 aliphatic carbocycles. The minimum atomic E-state index is 0.0322. The van der Waals surface area contributed by atoms with Crippen LogP contribution in [0.5, 0.6) is 0 Å². The van der Waals surface area contributed by atoms with Gasteiger partial charge in [-0.15, -0.1) is 0 Å². The van der Waals surface area contributed by atoms with Crippen LogP contribution in [0.3, 0.4) is 0 Å². The van der Waals surface area contributed by atoms with Gasteiger partial charge in [0.1, 0.15) is 5.82 Å². The molecule has 0 atom stereocenters. The minimum absolute atomic E-state index is 0.0322. The van der Waals surface area contributed by atoms with E-state index >= 15 is 0 Å². The highest BCUT2D eigenvalue weighted by molar-refractivity contribution is 9.10. The normalized spacial score (nSPS) is 15.7. The fraction of sp³-hybridized carbons (Fsp3) is 0.375. The van der Waals surface area contributed by atoms with E-state index in [2.05, 4.69) is 26.3 Å². The lowest BCUT2D eigenvalue weighted by Gasteiger charge is -2.21. The Balaban J connectivity index is 1.66. The summed E-state index contributed by atoms with van der Waals surface area (Å²) in [7, 11) is 0. The van der Waals surface area contributed by atoms with Gasteiger partial charge in [0, 0.05) is 29.7 Å². The lowest BCUT2D eigenvalue weighted by Crippen LogP contribution is -2.29. The Morgan fingerprint density at radius 1 is 1.27 bits per heavy atom. The van der Waals surface area contributed by atoms with Crippen molar-refractivity contribution in [2.75, 3.05) is 18.5 Å². The first kappa shape index (κ1) is 15.2. The molecule has 2 heterocycles. The maximum Gasteiger partial charge on any atom is 0.228 e. The number of hydrogen-bond donors (Lipinski definition) is 1. The minimum Gasteiger partial charge on any atom is -0.381 e. The number of anilines is 1. The van der Waals surface area contributed by atoms with Gasteiger partial charge in [-0.2, -0.15) is 5.10 Å². The topological polar surface area (TPSA) is 56.2 Å². The highest BCUT2D eigenvalue weighted by atomic mass is 79.9. The number of carbonyl (C=O) groups excluding carboxylic acids is 1. The number of aromatic nitrogens is 2. The van der Waals surface area contributed by atoms with Crippen molar-refractivity contribution in [1.29, 1.82) is 0 Å². The maximum absolute atomic E-state index is 12.3. The number of nitrogens with zero attached hydrogens (tertiary/aromatic N) is 2. The molecule has 1 fully saturated rings. The molecular formula is C16H18BrN3O2. The molecule has 1 aliphatic rings. The molecule has 0 unspecified atom stereocenters. The molecule has 3 rings (SSSR count). The van der Waals surface area contributed by atoms with Crippen molar-refractivity contribution in [3.63, 3.8) is 0 Å². The van der Waals surface area contributed by atoms with E-state index in [1.54, 1.807) is 10.9 Å². The summed E-state index contributed by atoms with van der Waals surface area (Å²) in [4.78, 5) is 12.3. The summed E-state index contributed by atoms with van der Waals surface area (Å²) in [6.07, 6.45) is 3.28. The quantitative estimate of drug-likeness (QED) is 0.907. The van der Waals surface area contributed by atoms with Crippen molar-refractivity contribution in [3.05, 3.63) is 46.6 Å². The molecule has 1 aliphatic heterocycles. The summed E-state index contributed by atoms with van der Waals surface area (Å²) >= 11 is 3.42. The third-order valence-corrected chi connectivity index (χ3v) is 4.33. The zero-order valence-electron chi connectivity index (χ0n) is 12.2. The van der Waals surface area contributed by atoms with Gasteiger partial charge in [0.15, 0.2) is 0 Å². The Hall–Kier alpha value is -1.66. The maximum atomic E-state index is 12.3. The van der Waals surface area contributed by atoms with Gasteiger partial charge in [0.05, 0.1) is 12.7 Å². The summed E-state index contributed by atoms with van der Waals surface area (Å²) in [5.41, 5.74) is 1.13. The number of halogens is 1. The van der Waals surface area contributed by atoms with E-state index < -0.39 is 0 Å². The first-order valence-corrected chi connectivity index (χ1v) is 8.16. The number of ether oxygens (including phenoxy) is 1. The van der Waals surface area contributed by atoms with E-state index in [1.165, 1.54) is 0 Å². The Kier molecular flexibility index (Phi) is 4.90. The lowest BCUT2D eigenvalue weighted by atomic mass is 9.99. The molecule has 1 aromatic heterocycles. The first-order valence-electron chi connectivity index (χ1n) is 7.37. The van der Waals surface area contributed by atoms with Crippen LogP contribution in [-0.4, -0.2) is 28.9 Å². The van der Waals surface area contributed by atoms with Crippen LogP contribution in [0, 0.1) is 5.92 Å². The van der Waals surface area contributed by atoms with Crippen molar-refractivity contribution in [2.24, 2.45) is 5.92 Å². The number of hydrogen-bond acceptors (Lipinski definition) is 3. The average Bonchev–Trinajstić information content (AvgIpc) is 2.97. The number of benzene rings is 1. The molecule has 1 aromatic carbocycles. The predicted molar refractivity (Wildman–Crippen MR) is 87.6 cm³/mol. The van der Waals surface area contributed by atoms with Gasteiger partial charge in [0.2, 0.25) is 5.91 Å². The van der Waals surface area contributed by atoms with Gasteiger partial charge in [-0.25, -0.2) is 4.68 Å². The molecule has 116 valence electrons. The smallest absolute Gasteiger partial charge is 0.228 e. The summed E-state index contributed by atoms with van der Waals surface area (Å²) in [5, 5.41) is 7.29. The predicted octanol–water partition coefficient (Wildman–Crippen LogP) is 3.06. The second kappa shape index (κ2) is 7.07. The largest absolute Gasteiger partial charge is 0.381 e. The van der Waals surface area contributed by atoms with Gasteiger partial charge in [-0.3, -0.25) is 4.79 Å². The molecule has 5 nitrogen and oxygen atoms in total. The Morgan fingerprint density at radius 2 is 2.00 bits per heavy atom. The lowest BCUT2D eigenvalue weighted by molar-refractivity contribution is -0.122. The van der Waals surface area contributed by atoms with Crippen molar-refractivity contribution < 1.29 is 9.53 Å². The summed E-state index contributed by atoms with van der Waals surface area (Å²) in [5.74, 6) is 0.824. The number of nitrogens with one attached hydrogen (secondary N) is 1. The highest BCUT2D eigenvalue weighted by Crippen LogP contribution is 2.18. The van der Waals surface area contributed by atoms with E-state index in [0.29, 0.717) is 19.8 Å². The van der Waals surface area contributed by atoms with Crippen LogP contribution in [0.15, 0.2) is 41.0 Å². The van der Waals surface area contributed by atoms with E-state index in [-0.39, 0.29) is 11.8 Å². The Labute approximate surface area is 137 Å². The number of carbonyl (C=O) groups is 1. The van der Waals surface area contributed by atoms with Gasteiger partial charge < -0.3 is 10.1 Å². The fourth-order valence-corrected chi connectivity index (χ4v) is 2.78. The van der Waals surface area contributed by atoms with E-state index in [4.69, 9.17) is 4.74 Å². The molecule has 1 saturated heterocycles. The van der Waals surface area contributed by atoms with E-state index in [9.17, 15) is 4.79 Å². The standard InChI is InChI=1S/C16H18BrN3O2/c17-14-3-1-12(2-4-14)11-20-15(5-8-18-20)19-16(21)13-6-9-22-10-7-13/h1-5,8,13H,6-7,9-11H2,(H,19,21). The summed E-state index contributed by atoms with van der Waals surface area (Å²) < 4.78 is 8.15. The Morgan fingerprint density at radius 3 is 2.73 bits per heavy atom. The highest BCUT2D eigenvalue weighted by Gasteiger charge is 2.22. The molecule has 0 saturated carbocycles. The van der Waals surface area contributed by atoms with Crippen molar-refractivity contribution in [1.82, 2.24) is 9.78 Å². The SMILES string of the molecule is O=C(Nc1ccnn1Cc1ccc(Br)cc1)C1CCOCC1. The molecule has 22 heavy (non-hydrogen) atoms. The van der Waals surface area contributed by atoms with Gasteiger partial charge in [-0.1, -0.05) is 28.1 Å². The molecule has 1 amide bonds. The first-order chi connectivity index (χ1) is 10.7.